The van der Waals surface area contributed by atoms with E-state index in [0.29, 0.717) is 5.92 Å². The molecule has 0 amide bonds. The van der Waals surface area contributed by atoms with E-state index in [0.717, 1.165) is 37.8 Å². The van der Waals surface area contributed by atoms with Crippen molar-refractivity contribution < 1.29 is 4.42 Å². The molecular formula is C17H25N3OS. The van der Waals surface area contributed by atoms with E-state index >= 15 is 0 Å². The van der Waals surface area contributed by atoms with Crippen molar-refractivity contribution in [3.63, 3.8) is 0 Å². The molecule has 22 heavy (non-hydrogen) atoms. The van der Waals surface area contributed by atoms with E-state index in [9.17, 15) is 0 Å². The lowest BCUT2D eigenvalue weighted by molar-refractivity contribution is 0.466. The van der Waals surface area contributed by atoms with Crippen LogP contribution in [0.5, 0.6) is 0 Å². The second-order valence-electron chi connectivity index (χ2n) is 5.80. The summed E-state index contributed by atoms with van der Waals surface area (Å²) >= 11 is 1.73. The molecule has 0 saturated heterocycles. The number of hydrogen-bond donors (Lipinski definition) is 1. The van der Waals surface area contributed by atoms with Crippen molar-refractivity contribution in [2.45, 2.75) is 26.8 Å². The van der Waals surface area contributed by atoms with E-state index in [4.69, 9.17) is 9.41 Å². The molecule has 0 aromatic carbocycles. The summed E-state index contributed by atoms with van der Waals surface area (Å²) in [6.07, 6.45) is 2.58. The van der Waals surface area contributed by atoms with Gasteiger partial charge in [-0.15, -0.1) is 0 Å². The molecule has 0 saturated carbocycles. The first-order chi connectivity index (χ1) is 10.6. The van der Waals surface area contributed by atoms with Gasteiger partial charge in [-0.3, -0.25) is 4.99 Å². The highest BCUT2D eigenvalue weighted by Crippen LogP contribution is 2.09. The first-order valence-electron chi connectivity index (χ1n) is 7.68. The average Bonchev–Trinajstić information content (AvgIpc) is 3.15. The van der Waals surface area contributed by atoms with Gasteiger partial charge in [-0.2, -0.15) is 11.3 Å². The molecule has 0 aliphatic heterocycles. The van der Waals surface area contributed by atoms with E-state index in [1.165, 1.54) is 5.56 Å². The number of aliphatic imine (C=N–C) groups is 1. The highest BCUT2D eigenvalue weighted by atomic mass is 32.1. The third kappa shape index (κ3) is 5.56. The summed E-state index contributed by atoms with van der Waals surface area (Å²) < 4.78 is 5.37. The lowest BCUT2D eigenvalue weighted by Crippen LogP contribution is -2.39. The molecule has 0 radical (unpaired) electrons. The molecule has 0 spiro atoms. The minimum absolute atomic E-state index is 0.552. The third-order valence-corrected chi connectivity index (χ3v) is 3.93. The lowest BCUT2D eigenvalue weighted by atomic mass is 10.2. The SMILES string of the molecule is CC(C)CN=C(NCCc1ccco1)N(C)Cc1ccsc1. The number of nitrogens with one attached hydrogen (secondary N) is 1. The largest absolute Gasteiger partial charge is 0.469 e. The van der Waals surface area contributed by atoms with Crippen LogP contribution in [0.15, 0.2) is 44.6 Å². The Hall–Kier alpha value is -1.75. The van der Waals surface area contributed by atoms with Crippen molar-refractivity contribution in [3.8, 4) is 0 Å². The molecule has 0 atom stereocenters. The Balaban J connectivity index is 1.90. The molecular weight excluding hydrogens is 294 g/mol. The highest BCUT2D eigenvalue weighted by molar-refractivity contribution is 7.07. The predicted octanol–water partition coefficient (Wildman–Crippen LogP) is 3.62. The normalized spacial score (nSPS) is 11.9. The van der Waals surface area contributed by atoms with Crippen LogP contribution in [0.4, 0.5) is 0 Å². The molecule has 2 heterocycles. The Kier molecular flexibility index (Phi) is 6.52. The lowest BCUT2D eigenvalue weighted by Gasteiger charge is -2.22. The fourth-order valence-corrected chi connectivity index (χ4v) is 2.72. The maximum atomic E-state index is 5.37. The van der Waals surface area contributed by atoms with Crippen molar-refractivity contribution in [2.24, 2.45) is 10.9 Å². The van der Waals surface area contributed by atoms with Gasteiger partial charge in [0.2, 0.25) is 0 Å². The smallest absolute Gasteiger partial charge is 0.193 e. The minimum Gasteiger partial charge on any atom is -0.469 e. The number of guanidine groups is 1. The van der Waals surface area contributed by atoms with Crippen LogP contribution >= 0.6 is 11.3 Å². The Morgan fingerprint density at radius 3 is 2.91 bits per heavy atom. The van der Waals surface area contributed by atoms with Crippen molar-refractivity contribution in [2.75, 3.05) is 20.1 Å². The maximum absolute atomic E-state index is 5.37. The number of furan rings is 1. The van der Waals surface area contributed by atoms with Gasteiger partial charge in [-0.05, 0) is 40.4 Å². The summed E-state index contributed by atoms with van der Waals surface area (Å²) in [6, 6.07) is 6.08. The van der Waals surface area contributed by atoms with Gasteiger partial charge in [-0.1, -0.05) is 13.8 Å². The van der Waals surface area contributed by atoms with Crippen LogP contribution in [0, 0.1) is 5.92 Å². The van der Waals surface area contributed by atoms with Crippen LogP contribution in [0.3, 0.4) is 0 Å². The van der Waals surface area contributed by atoms with Gasteiger partial charge < -0.3 is 14.6 Å². The minimum atomic E-state index is 0.552. The summed E-state index contributed by atoms with van der Waals surface area (Å²) in [5.74, 6) is 2.50. The summed E-state index contributed by atoms with van der Waals surface area (Å²) in [6.45, 7) is 6.88. The molecule has 120 valence electrons. The van der Waals surface area contributed by atoms with Gasteiger partial charge in [0.15, 0.2) is 5.96 Å². The van der Waals surface area contributed by atoms with Gasteiger partial charge in [0.05, 0.1) is 6.26 Å². The number of nitrogens with zero attached hydrogens (tertiary/aromatic N) is 2. The highest BCUT2D eigenvalue weighted by Gasteiger charge is 2.08. The molecule has 2 aromatic rings. The quantitative estimate of drug-likeness (QED) is 0.626. The molecule has 0 bridgehead atoms. The van der Waals surface area contributed by atoms with Crippen LogP contribution < -0.4 is 5.32 Å². The Bertz CT molecular complexity index is 546. The zero-order valence-corrected chi connectivity index (χ0v) is 14.4. The maximum Gasteiger partial charge on any atom is 0.193 e. The van der Waals surface area contributed by atoms with Gasteiger partial charge in [0.1, 0.15) is 5.76 Å². The zero-order valence-electron chi connectivity index (χ0n) is 13.6. The standard InChI is InChI=1S/C17H25N3OS/c1-14(2)11-19-17(18-8-6-16-5-4-9-21-16)20(3)12-15-7-10-22-13-15/h4-5,7,9-10,13-14H,6,8,11-12H2,1-3H3,(H,18,19). The van der Waals surface area contributed by atoms with E-state index in [2.05, 4.69) is 47.9 Å². The number of rotatable bonds is 7. The molecule has 2 rings (SSSR count). The van der Waals surface area contributed by atoms with E-state index in [1.807, 2.05) is 12.1 Å². The van der Waals surface area contributed by atoms with Gasteiger partial charge >= 0.3 is 0 Å². The first-order valence-corrected chi connectivity index (χ1v) is 8.62. The van der Waals surface area contributed by atoms with Crippen LogP contribution in [-0.4, -0.2) is 31.0 Å². The first kappa shape index (κ1) is 16.6. The molecule has 0 unspecified atom stereocenters. The van der Waals surface area contributed by atoms with Crippen LogP contribution in [0.1, 0.15) is 25.2 Å². The van der Waals surface area contributed by atoms with Crippen LogP contribution in [0.2, 0.25) is 0 Å². The topological polar surface area (TPSA) is 40.8 Å². The van der Waals surface area contributed by atoms with E-state index in [-0.39, 0.29) is 0 Å². The van der Waals surface area contributed by atoms with Crippen LogP contribution in [0.25, 0.3) is 0 Å². The Morgan fingerprint density at radius 2 is 2.27 bits per heavy atom. The molecule has 0 aliphatic rings. The van der Waals surface area contributed by atoms with Crippen LogP contribution in [-0.2, 0) is 13.0 Å². The Morgan fingerprint density at radius 1 is 1.41 bits per heavy atom. The molecule has 4 nitrogen and oxygen atoms in total. The van der Waals surface area contributed by atoms with Gasteiger partial charge in [0.25, 0.3) is 0 Å². The molecule has 0 fully saturated rings. The molecule has 1 N–H and O–H groups in total. The second kappa shape index (κ2) is 8.63. The van der Waals surface area contributed by atoms with Gasteiger partial charge in [0, 0.05) is 33.1 Å². The monoisotopic (exact) mass is 319 g/mol. The van der Waals surface area contributed by atoms with Crippen molar-refractivity contribution >= 4 is 17.3 Å². The summed E-state index contributed by atoms with van der Waals surface area (Å²) in [4.78, 5) is 6.90. The fourth-order valence-electron chi connectivity index (χ4n) is 2.06. The molecule has 5 heteroatoms. The number of thiophene rings is 1. The molecule has 0 aliphatic carbocycles. The average molecular weight is 319 g/mol. The summed E-state index contributed by atoms with van der Waals surface area (Å²) in [7, 11) is 2.08. The summed E-state index contributed by atoms with van der Waals surface area (Å²) in [5, 5.41) is 7.73. The number of hydrogen-bond acceptors (Lipinski definition) is 3. The fraction of sp³-hybridized carbons (Fsp3) is 0.471. The van der Waals surface area contributed by atoms with Gasteiger partial charge in [-0.25, -0.2) is 0 Å². The zero-order chi connectivity index (χ0) is 15.8. The van der Waals surface area contributed by atoms with Crippen molar-refractivity contribution in [3.05, 3.63) is 46.5 Å². The van der Waals surface area contributed by atoms with E-state index < -0.39 is 0 Å². The predicted molar refractivity (Wildman–Crippen MR) is 93.3 cm³/mol. The summed E-state index contributed by atoms with van der Waals surface area (Å²) in [5.41, 5.74) is 1.32. The molecule has 2 aromatic heterocycles. The Labute approximate surface area is 136 Å². The van der Waals surface area contributed by atoms with Crippen molar-refractivity contribution in [1.82, 2.24) is 10.2 Å². The van der Waals surface area contributed by atoms with E-state index in [1.54, 1.807) is 17.6 Å². The second-order valence-corrected chi connectivity index (χ2v) is 6.58. The third-order valence-electron chi connectivity index (χ3n) is 3.20. The van der Waals surface area contributed by atoms with Crippen molar-refractivity contribution in [1.29, 1.82) is 0 Å².